The van der Waals surface area contributed by atoms with E-state index in [2.05, 4.69) is 19.7 Å². The fourth-order valence-electron chi connectivity index (χ4n) is 0.525. The summed E-state index contributed by atoms with van der Waals surface area (Å²) in [6, 6.07) is 0.245. The Bertz CT molecular complexity index is 276. The molecule has 0 aliphatic rings. The molecule has 0 amide bonds. The highest BCUT2D eigenvalue weighted by atomic mass is 16.5. The summed E-state index contributed by atoms with van der Waals surface area (Å²) in [7, 11) is 1.46. The molecular formula is C6H5N3O2. The average Bonchev–Trinajstić information content (AvgIpc) is 2.07. The third-order valence-electron chi connectivity index (χ3n) is 0.972. The normalized spacial score (nSPS) is 8.45. The summed E-state index contributed by atoms with van der Waals surface area (Å²) in [5, 5.41) is 0. The lowest BCUT2D eigenvalue weighted by molar-refractivity contribution is 0.380. The molecule has 0 saturated heterocycles. The molecule has 0 aromatic carbocycles. The molecule has 5 nitrogen and oxygen atoms in total. The number of aliphatic imine (C=N–C) groups is 1. The standard InChI is InChI=1S/C6H5N3O2/c1-11-6-7-2-5(3-8-6)9-4-10/h2-3H,1H3. The molecule has 0 radical (unpaired) electrons. The summed E-state index contributed by atoms with van der Waals surface area (Å²) < 4.78 is 4.68. The van der Waals surface area contributed by atoms with E-state index >= 15 is 0 Å². The van der Waals surface area contributed by atoms with Gasteiger partial charge in [-0.2, -0.15) is 4.99 Å². The van der Waals surface area contributed by atoms with Gasteiger partial charge in [-0.25, -0.2) is 14.8 Å². The molecule has 1 aromatic rings. The van der Waals surface area contributed by atoms with E-state index < -0.39 is 0 Å². The van der Waals surface area contributed by atoms with Crippen molar-refractivity contribution in [1.82, 2.24) is 9.97 Å². The van der Waals surface area contributed by atoms with Crippen LogP contribution in [-0.2, 0) is 4.79 Å². The summed E-state index contributed by atoms with van der Waals surface area (Å²) in [5.41, 5.74) is 0.362. The lowest BCUT2D eigenvalue weighted by Gasteiger charge is -1.93. The van der Waals surface area contributed by atoms with Crippen molar-refractivity contribution in [2.24, 2.45) is 4.99 Å². The zero-order chi connectivity index (χ0) is 8.10. The van der Waals surface area contributed by atoms with Crippen LogP contribution in [0.25, 0.3) is 0 Å². The Morgan fingerprint density at radius 1 is 1.55 bits per heavy atom. The number of isocyanates is 1. The van der Waals surface area contributed by atoms with Crippen LogP contribution in [-0.4, -0.2) is 23.2 Å². The highest BCUT2D eigenvalue weighted by Gasteiger charge is 1.92. The fraction of sp³-hybridized carbons (Fsp3) is 0.167. The summed E-state index contributed by atoms with van der Waals surface area (Å²) in [5.74, 6) is 0. The number of hydrogen-bond donors (Lipinski definition) is 0. The first kappa shape index (κ1) is 7.37. The summed E-state index contributed by atoms with van der Waals surface area (Å²) >= 11 is 0. The van der Waals surface area contributed by atoms with Crippen molar-refractivity contribution in [3.05, 3.63) is 12.4 Å². The van der Waals surface area contributed by atoms with Crippen molar-refractivity contribution < 1.29 is 9.53 Å². The molecule has 0 aliphatic carbocycles. The van der Waals surface area contributed by atoms with Crippen molar-refractivity contribution in [2.75, 3.05) is 7.11 Å². The number of hydrogen-bond acceptors (Lipinski definition) is 5. The van der Waals surface area contributed by atoms with Crippen LogP contribution in [0, 0.1) is 0 Å². The van der Waals surface area contributed by atoms with Gasteiger partial charge in [-0.05, 0) is 0 Å². The fourth-order valence-corrected chi connectivity index (χ4v) is 0.525. The molecule has 56 valence electrons. The van der Waals surface area contributed by atoms with Crippen LogP contribution in [0.2, 0.25) is 0 Å². The van der Waals surface area contributed by atoms with Gasteiger partial charge >= 0.3 is 6.01 Å². The third kappa shape index (κ3) is 1.84. The van der Waals surface area contributed by atoms with Crippen LogP contribution in [0.5, 0.6) is 6.01 Å². The Morgan fingerprint density at radius 2 is 2.18 bits per heavy atom. The van der Waals surface area contributed by atoms with E-state index in [1.54, 1.807) is 0 Å². The number of ether oxygens (including phenoxy) is 1. The second-order valence-electron chi connectivity index (χ2n) is 1.63. The zero-order valence-corrected chi connectivity index (χ0v) is 5.81. The largest absolute Gasteiger partial charge is 0.467 e. The Labute approximate surface area is 62.8 Å². The molecule has 0 atom stereocenters. The van der Waals surface area contributed by atoms with Crippen molar-refractivity contribution in [3.63, 3.8) is 0 Å². The van der Waals surface area contributed by atoms with Gasteiger partial charge in [0, 0.05) is 0 Å². The van der Waals surface area contributed by atoms with Gasteiger partial charge in [-0.15, -0.1) is 0 Å². The molecule has 0 spiro atoms. The minimum atomic E-state index is 0.245. The van der Waals surface area contributed by atoms with Crippen LogP contribution in [0.15, 0.2) is 17.4 Å². The van der Waals surface area contributed by atoms with E-state index in [0.717, 1.165) is 0 Å². The monoisotopic (exact) mass is 151 g/mol. The van der Waals surface area contributed by atoms with Gasteiger partial charge < -0.3 is 4.74 Å². The highest BCUT2D eigenvalue weighted by Crippen LogP contribution is 2.08. The minimum absolute atomic E-state index is 0.245. The summed E-state index contributed by atoms with van der Waals surface area (Å²) in [6.07, 6.45) is 4.12. The maximum absolute atomic E-state index is 9.75. The summed E-state index contributed by atoms with van der Waals surface area (Å²) in [6.45, 7) is 0. The van der Waals surface area contributed by atoms with Gasteiger partial charge in [-0.1, -0.05) is 0 Å². The number of rotatable bonds is 2. The summed E-state index contributed by atoms with van der Waals surface area (Å²) in [4.78, 5) is 20.5. The van der Waals surface area contributed by atoms with Crippen molar-refractivity contribution >= 4 is 11.8 Å². The maximum Gasteiger partial charge on any atom is 0.316 e. The van der Waals surface area contributed by atoms with Crippen molar-refractivity contribution in [1.29, 1.82) is 0 Å². The molecule has 5 heteroatoms. The highest BCUT2D eigenvalue weighted by molar-refractivity contribution is 5.45. The van der Waals surface area contributed by atoms with E-state index in [1.807, 2.05) is 0 Å². The van der Waals surface area contributed by atoms with Gasteiger partial charge in [0.1, 0.15) is 5.69 Å². The van der Waals surface area contributed by atoms with Gasteiger partial charge in [-0.3, -0.25) is 0 Å². The van der Waals surface area contributed by atoms with Gasteiger partial charge in [0.2, 0.25) is 6.08 Å². The van der Waals surface area contributed by atoms with E-state index in [1.165, 1.54) is 25.6 Å². The predicted octanol–water partition coefficient (Wildman–Crippen LogP) is 0.452. The third-order valence-corrected chi connectivity index (χ3v) is 0.972. The second-order valence-corrected chi connectivity index (χ2v) is 1.63. The molecule has 11 heavy (non-hydrogen) atoms. The first-order valence-electron chi connectivity index (χ1n) is 2.80. The smallest absolute Gasteiger partial charge is 0.316 e. The van der Waals surface area contributed by atoms with Gasteiger partial charge in [0.15, 0.2) is 0 Å². The Hall–Kier alpha value is -1.74. The molecule has 0 aliphatic heterocycles. The van der Waals surface area contributed by atoms with E-state index in [-0.39, 0.29) is 6.01 Å². The second kappa shape index (κ2) is 3.43. The molecule has 1 heterocycles. The van der Waals surface area contributed by atoms with Crippen LogP contribution in [0.4, 0.5) is 5.69 Å². The molecule has 1 aromatic heterocycles. The Kier molecular flexibility index (Phi) is 2.30. The Morgan fingerprint density at radius 3 is 2.64 bits per heavy atom. The van der Waals surface area contributed by atoms with E-state index in [4.69, 9.17) is 0 Å². The molecule has 0 N–H and O–H groups in total. The zero-order valence-electron chi connectivity index (χ0n) is 5.81. The van der Waals surface area contributed by atoms with Gasteiger partial charge in [0.05, 0.1) is 19.5 Å². The molecule has 0 saturated carbocycles. The van der Waals surface area contributed by atoms with E-state index in [9.17, 15) is 4.79 Å². The molecule has 1 rings (SSSR count). The van der Waals surface area contributed by atoms with E-state index in [0.29, 0.717) is 5.69 Å². The number of aromatic nitrogens is 2. The Balaban J connectivity index is 2.91. The van der Waals surface area contributed by atoms with Gasteiger partial charge in [0.25, 0.3) is 0 Å². The van der Waals surface area contributed by atoms with Crippen LogP contribution in [0.3, 0.4) is 0 Å². The molecule has 0 fully saturated rings. The lowest BCUT2D eigenvalue weighted by atomic mass is 10.6. The van der Waals surface area contributed by atoms with Crippen LogP contribution < -0.4 is 4.74 Å². The van der Waals surface area contributed by atoms with Crippen LogP contribution in [0.1, 0.15) is 0 Å². The average molecular weight is 151 g/mol. The van der Waals surface area contributed by atoms with Crippen LogP contribution >= 0.6 is 0 Å². The number of methoxy groups -OCH3 is 1. The first-order valence-corrected chi connectivity index (χ1v) is 2.80. The predicted molar refractivity (Wildman–Crippen MR) is 36.4 cm³/mol. The molecular weight excluding hydrogens is 146 g/mol. The number of carbonyl (C=O) groups excluding carboxylic acids is 1. The maximum atomic E-state index is 9.75. The quantitative estimate of drug-likeness (QED) is 0.454. The number of nitrogens with zero attached hydrogens (tertiary/aromatic N) is 3. The molecule has 0 bridgehead atoms. The molecule has 0 unspecified atom stereocenters. The van der Waals surface area contributed by atoms with Crippen molar-refractivity contribution in [3.8, 4) is 6.01 Å². The van der Waals surface area contributed by atoms with Crippen molar-refractivity contribution in [2.45, 2.75) is 0 Å². The SMILES string of the molecule is COc1ncc(N=C=O)cn1. The topological polar surface area (TPSA) is 64.4 Å². The lowest BCUT2D eigenvalue weighted by Crippen LogP contribution is -1.88. The minimum Gasteiger partial charge on any atom is -0.467 e. The first-order chi connectivity index (χ1) is 5.36.